The number of hydrogen-bond donors (Lipinski definition) is 0. The summed E-state index contributed by atoms with van der Waals surface area (Å²) < 4.78 is 10.3. The monoisotopic (exact) mass is 310 g/mol. The zero-order chi connectivity index (χ0) is 15.0. The van der Waals surface area contributed by atoms with Crippen LogP contribution in [0.25, 0.3) is 11.2 Å². The largest absolute Gasteiger partial charge is 0.373 e. The van der Waals surface area contributed by atoms with Crippen molar-refractivity contribution in [2.75, 3.05) is 12.5 Å². The first kappa shape index (κ1) is 14.9. The molecule has 5 nitrogen and oxygen atoms in total. The molecule has 0 radical (unpaired) electrons. The first-order valence-corrected chi connectivity index (χ1v) is 8.24. The van der Waals surface area contributed by atoms with E-state index in [1.807, 2.05) is 11.6 Å². The van der Waals surface area contributed by atoms with Gasteiger partial charge in [0.15, 0.2) is 5.65 Å². The molecular weight excluding hydrogens is 288 g/mol. The van der Waals surface area contributed by atoms with Crippen LogP contribution >= 0.6 is 11.6 Å². The molecule has 1 fully saturated rings. The molecule has 2 aromatic rings. The number of hydrogen-bond acceptors (Lipinski definition) is 3. The summed E-state index contributed by atoms with van der Waals surface area (Å²) >= 11 is 5.96. The summed E-state index contributed by atoms with van der Waals surface area (Å²) in [6, 6.07) is 0. The molecule has 1 unspecified atom stereocenters. The topological polar surface area (TPSA) is 44.9 Å². The Morgan fingerprint density at radius 3 is 2.86 bits per heavy atom. The number of ether oxygens (including phenoxy) is 1. The molecule has 0 aliphatic carbocycles. The molecule has 0 saturated carbocycles. The third-order valence-electron chi connectivity index (χ3n) is 4.29. The summed E-state index contributed by atoms with van der Waals surface area (Å²) in [5, 5.41) is 4.59. The lowest BCUT2D eigenvalue weighted by atomic mass is 10.0. The Morgan fingerprint density at radius 1 is 1.43 bits per heavy atom. The number of aryl methyl sites for hydroxylation is 3. The number of fused-ring (bicyclic) bond motifs is 1. The van der Waals surface area contributed by atoms with Gasteiger partial charge in [0.2, 0.25) is 0 Å². The number of nitrogens with zero attached hydrogens (tertiary/aromatic N) is 4. The van der Waals surface area contributed by atoms with Gasteiger partial charge in [-0.1, -0.05) is 0 Å². The van der Waals surface area contributed by atoms with E-state index in [4.69, 9.17) is 21.3 Å². The molecule has 2 aromatic heterocycles. The molecule has 1 saturated heterocycles. The molecule has 1 aliphatic rings. The van der Waals surface area contributed by atoms with Gasteiger partial charge in [-0.15, -0.1) is 11.6 Å². The number of rotatable bonds is 5. The van der Waals surface area contributed by atoms with Crippen LogP contribution in [0.2, 0.25) is 0 Å². The molecule has 0 bridgehead atoms. The fraction of sp³-hybridized carbons (Fsp3) is 0.733. The Labute approximate surface area is 130 Å². The van der Waals surface area contributed by atoms with Crippen LogP contribution < -0.4 is 0 Å². The van der Waals surface area contributed by atoms with E-state index in [9.17, 15) is 0 Å². The van der Waals surface area contributed by atoms with Crippen LogP contribution in [0.3, 0.4) is 0 Å². The highest BCUT2D eigenvalue weighted by atomic mass is 35.5. The molecule has 0 aromatic carbocycles. The van der Waals surface area contributed by atoms with E-state index < -0.39 is 0 Å². The van der Waals surface area contributed by atoms with Crippen molar-refractivity contribution < 1.29 is 4.74 Å². The molecular formula is C15H23ClN4O. The fourth-order valence-electron chi connectivity index (χ4n) is 3.23. The zero-order valence-corrected chi connectivity index (χ0v) is 13.8. The van der Waals surface area contributed by atoms with Gasteiger partial charge in [0.25, 0.3) is 0 Å². The molecule has 3 rings (SSSR count). The van der Waals surface area contributed by atoms with E-state index in [1.165, 1.54) is 0 Å². The predicted octanol–water partition coefficient (Wildman–Crippen LogP) is 2.91. The standard InChI is InChI=1S/C15H23ClN4O/c1-4-20-14-13(11(2)18-20)17-12(6-8-16)19(14)10-15(3)7-5-9-21-15/h4-10H2,1-3H3. The first-order chi connectivity index (χ1) is 10.1. The second-order valence-corrected chi connectivity index (χ2v) is 6.41. The van der Waals surface area contributed by atoms with Gasteiger partial charge in [-0.05, 0) is 33.6 Å². The molecule has 3 heterocycles. The maximum Gasteiger partial charge on any atom is 0.159 e. The molecule has 21 heavy (non-hydrogen) atoms. The number of halogens is 1. The Balaban J connectivity index is 2.10. The van der Waals surface area contributed by atoms with E-state index in [2.05, 4.69) is 23.5 Å². The fourth-order valence-corrected chi connectivity index (χ4v) is 3.40. The molecule has 0 N–H and O–H groups in total. The second-order valence-electron chi connectivity index (χ2n) is 6.03. The lowest BCUT2D eigenvalue weighted by Crippen LogP contribution is -2.31. The van der Waals surface area contributed by atoms with Gasteiger partial charge in [-0.3, -0.25) is 0 Å². The summed E-state index contributed by atoms with van der Waals surface area (Å²) in [7, 11) is 0. The van der Waals surface area contributed by atoms with Gasteiger partial charge >= 0.3 is 0 Å². The Kier molecular flexibility index (Phi) is 3.97. The summed E-state index contributed by atoms with van der Waals surface area (Å²) in [5.74, 6) is 1.62. The highest BCUT2D eigenvalue weighted by molar-refractivity contribution is 6.17. The minimum atomic E-state index is -0.106. The molecule has 1 atom stereocenters. The zero-order valence-electron chi connectivity index (χ0n) is 13.0. The van der Waals surface area contributed by atoms with Crippen molar-refractivity contribution in [2.24, 2.45) is 0 Å². The van der Waals surface area contributed by atoms with Crippen molar-refractivity contribution in [3.05, 3.63) is 11.5 Å². The molecule has 0 amide bonds. The molecule has 0 spiro atoms. The smallest absolute Gasteiger partial charge is 0.159 e. The summed E-state index contributed by atoms with van der Waals surface area (Å²) in [5.41, 5.74) is 2.98. The van der Waals surface area contributed by atoms with Crippen molar-refractivity contribution in [3.8, 4) is 0 Å². The highest BCUT2D eigenvalue weighted by Crippen LogP contribution is 2.30. The van der Waals surface area contributed by atoms with Crippen LogP contribution in [0, 0.1) is 6.92 Å². The van der Waals surface area contributed by atoms with E-state index in [-0.39, 0.29) is 5.60 Å². The molecule has 116 valence electrons. The predicted molar refractivity (Wildman–Crippen MR) is 83.9 cm³/mol. The van der Waals surface area contributed by atoms with E-state index in [1.54, 1.807) is 0 Å². The third-order valence-corrected chi connectivity index (χ3v) is 4.48. The quantitative estimate of drug-likeness (QED) is 0.798. The van der Waals surface area contributed by atoms with Crippen LogP contribution in [0.15, 0.2) is 0 Å². The number of aromatic nitrogens is 4. The van der Waals surface area contributed by atoms with Crippen molar-refractivity contribution in [2.45, 2.75) is 58.7 Å². The normalized spacial score (nSPS) is 22.5. The Bertz CT molecular complexity index is 640. The maximum atomic E-state index is 5.96. The average Bonchev–Trinajstić information content (AvgIpc) is 3.10. The summed E-state index contributed by atoms with van der Waals surface area (Å²) in [6.45, 7) is 8.83. The lowest BCUT2D eigenvalue weighted by molar-refractivity contribution is 0.00629. The van der Waals surface area contributed by atoms with E-state index in [0.29, 0.717) is 5.88 Å². The first-order valence-electron chi connectivity index (χ1n) is 7.70. The SMILES string of the molecule is CCn1nc(C)c2nc(CCCl)n(CC3(C)CCCO3)c21. The van der Waals surface area contributed by atoms with Crippen LogP contribution in [0.4, 0.5) is 0 Å². The Morgan fingerprint density at radius 2 is 2.24 bits per heavy atom. The van der Waals surface area contributed by atoms with Crippen molar-refractivity contribution in [3.63, 3.8) is 0 Å². The highest BCUT2D eigenvalue weighted by Gasteiger charge is 2.32. The van der Waals surface area contributed by atoms with Gasteiger partial charge < -0.3 is 9.30 Å². The molecule has 6 heteroatoms. The van der Waals surface area contributed by atoms with Gasteiger partial charge in [-0.25, -0.2) is 9.67 Å². The van der Waals surface area contributed by atoms with Crippen molar-refractivity contribution in [1.29, 1.82) is 0 Å². The van der Waals surface area contributed by atoms with E-state index in [0.717, 1.165) is 61.6 Å². The molecule has 1 aliphatic heterocycles. The maximum absolute atomic E-state index is 5.96. The van der Waals surface area contributed by atoms with Crippen molar-refractivity contribution in [1.82, 2.24) is 19.3 Å². The van der Waals surface area contributed by atoms with Gasteiger partial charge in [0.05, 0.1) is 17.8 Å². The van der Waals surface area contributed by atoms with Gasteiger partial charge in [0, 0.05) is 25.5 Å². The average molecular weight is 311 g/mol. The minimum Gasteiger partial charge on any atom is -0.373 e. The van der Waals surface area contributed by atoms with Crippen molar-refractivity contribution >= 4 is 22.8 Å². The van der Waals surface area contributed by atoms with Crippen LogP contribution in [-0.2, 0) is 24.2 Å². The lowest BCUT2D eigenvalue weighted by Gasteiger charge is -2.25. The minimum absolute atomic E-state index is 0.106. The van der Waals surface area contributed by atoms with E-state index >= 15 is 0 Å². The van der Waals surface area contributed by atoms with Crippen LogP contribution in [-0.4, -0.2) is 37.4 Å². The van der Waals surface area contributed by atoms with Crippen LogP contribution in [0.5, 0.6) is 0 Å². The second kappa shape index (κ2) is 5.61. The number of alkyl halides is 1. The van der Waals surface area contributed by atoms with Gasteiger partial charge in [-0.2, -0.15) is 5.10 Å². The Hall–Kier alpha value is -1.07. The van der Waals surface area contributed by atoms with Crippen LogP contribution in [0.1, 0.15) is 38.2 Å². The summed E-state index contributed by atoms with van der Waals surface area (Å²) in [4.78, 5) is 4.78. The van der Waals surface area contributed by atoms with Gasteiger partial charge in [0.1, 0.15) is 11.3 Å². The summed E-state index contributed by atoms with van der Waals surface area (Å²) in [6.07, 6.45) is 2.99. The number of imidazole rings is 1. The third kappa shape index (κ3) is 2.57.